The molecule has 2 heterocycles. The Morgan fingerprint density at radius 2 is 2.25 bits per heavy atom. The second-order valence-electron chi connectivity index (χ2n) is 5.43. The van der Waals surface area contributed by atoms with Crippen molar-refractivity contribution in [3.8, 4) is 0 Å². The van der Waals surface area contributed by atoms with Gasteiger partial charge in [-0.05, 0) is 49.4 Å². The number of aromatic nitrogens is 2. The van der Waals surface area contributed by atoms with Crippen molar-refractivity contribution in [3.05, 3.63) is 46.8 Å². The number of nitrogens with zero attached hydrogens (tertiary/aromatic N) is 1. The zero-order valence-corrected chi connectivity index (χ0v) is 12.0. The molecule has 1 aliphatic heterocycles. The van der Waals surface area contributed by atoms with Crippen molar-refractivity contribution in [2.75, 3.05) is 18.4 Å². The molecule has 0 amide bonds. The molecule has 0 saturated heterocycles. The van der Waals surface area contributed by atoms with Crippen molar-refractivity contribution >= 4 is 5.69 Å². The third-order valence-corrected chi connectivity index (χ3v) is 3.98. The SMILES string of the molecule is Cc1[nH]ncc1CCCNCc1cccc2c1NCC2. The molecule has 3 N–H and O–H groups in total. The third-order valence-electron chi connectivity index (χ3n) is 3.98. The van der Waals surface area contributed by atoms with E-state index in [1.165, 1.54) is 28.1 Å². The predicted molar refractivity (Wildman–Crippen MR) is 82.0 cm³/mol. The van der Waals surface area contributed by atoms with Crippen LogP contribution >= 0.6 is 0 Å². The van der Waals surface area contributed by atoms with Crippen LogP contribution in [0.15, 0.2) is 24.4 Å². The highest BCUT2D eigenvalue weighted by molar-refractivity contribution is 5.61. The van der Waals surface area contributed by atoms with Gasteiger partial charge in [0.1, 0.15) is 0 Å². The molecular formula is C16H22N4. The first-order valence-corrected chi connectivity index (χ1v) is 7.39. The van der Waals surface area contributed by atoms with Gasteiger partial charge >= 0.3 is 0 Å². The second-order valence-corrected chi connectivity index (χ2v) is 5.43. The van der Waals surface area contributed by atoms with E-state index in [2.05, 4.69) is 46.0 Å². The largest absolute Gasteiger partial charge is 0.384 e. The average Bonchev–Trinajstić information content (AvgIpc) is 3.08. The van der Waals surface area contributed by atoms with Crippen molar-refractivity contribution < 1.29 is 0 Å². The zero-order chi connectivity index (χ0) is 13.8. The van der Waals surface area contributed by atoms with Crippen LogP contribution in [0, 0.1) is 6.92 Å². The molecule has 4 nitrogen and oxygen atoms in total. The molecular weight excluding hydrogens is 248 g/mol. The summed E-state index contributed by atoms with van der Waals surface area (Å²) in [6, 6.07) is 6.60. The molecule has 0 saturated carbocycles. The monoisotopic (exact) mass is 270 g/mol. The number of aromatic amines is 1. The number of hydrogen-bond donors (Lipinski definition) is 3. The first-order valence-electron chi connectivity index (χ1n) is 7.39. The van der Waals surface area contributed by atoms with Crippen molar-refractivity contribution in [3.63, 3.8) is 0 Å². The second kappa shape index (κ2) is 6.09. The minimum Gasteiger partial charge on any atom is -0.384 e. The van der Waals surface area contributed by atoms with Crippen LogP contribution in [0.2, 0.25) is 0 Å². The summed E-state index contributed by atoms with van der Waals surface area (Å²) >= 11 is 0. The van der Waals surface area contributed by atoms with E-state index in [1.54, 1.807) is 0 Å². The van der Waals surface area contributed by atoms with Gasteiger partial charge in [0.25, 0.3) is 0 Å². The fourth-order valence-corrected chi connectivity index (χ4v) is 2.81. The summed E-state index contributed by atoms with van der Waals surface area (Å²) in [7, 11) is 0. The van der Waals surface area contributed by atoms with Crippen LogP contribution in [-0.4, -0.2) is 23.3 Å². The lowest BCUT2D eigenvalue weighted by Crippen LogP contribution is -2.16. The number of aryl methyl sites for hydroxylation is 2. The van der Waals surface area contributed by atoms with Crippen LogP contribution in [0.3, 0.4) is 0 Å². The molecule has 4 heteroatoms. The molecule has 2 aromatic rings. The Kier molecular flexibility index (Phi) is 4.02. The number of nitrogens with one attached hydrogen (secondary N) is 3. The molecule has 1 aromatic carbocycles. The highest BCUT2D eigenvalue weighted by Crippen LogP contribution is 2.26. The average molecular weight is 270 g/mol. The number of rotatable bonds is 6. The van der Waals surface area contributed by atoms with Crippen LogP contribution in [-0.2, 0) is 19.4 Å². The summed E-state index contributed by atoms with van der Waals surface area (Å²) < 4.78 is 0. The number of hydrogen-bond acceptors (Lipinski definition) is 3. The van der Waals surface area contributed by atoms with Gasteiger partial charge < -0.3 is 10.6 Å². The first kappa shape index (κ1) is 13.2. The van der Waals surface area contributed by atoms with E-state index in [-0.39, 0.29) is 0 Å². The molecule has 0 bridgehead atoms. The standard InChI is InChI=1S/C16H22N4/c1-12-14(11-19-20-12)6-3-8-17-10-15-5-2-4-13-7-9-18-16(13)15/h2,4-5,11,17-18H,3,6-10H2,1H3,(H,19,20). The Morgan fingerprint density at radius 1 is 1.30 bits per heavy atom. The van der Waals surface area contributed by atoms with E-state index in [9.17, 15) is 0 Å². The fraction of sp³-hybridized carbons (Fsp3) is 0.438. The van der Waals surface area contributed by atoms with Crippen molar-refractivity contribution in [1.82, 2.24) is 15.5 Å². The Hall–Kier alpha value is -1.81. The quantitative estimate of drug-likeness (QED) is 0.707. The summed E-state index contributed by atoms with van der Waals surface area (Å²) in [4.78, 5) is 0. The molecule has 0 fully saturated rings. The van der Waals surface area contributed by atoms with Gasteiger partial charge in [0.15, 0.2) is 0 Å². The first-order chi connectivity index (χ1) is 9.84. The van der Waals surface area contributed by atoms with Crippen LogP contribution in [0.1, 0.15) is 28.8 Å². The van der Waals surface area contributed by atoms with E-state index >= 15 is 0 Å². The maximum absolute atomic E-state index is 4.05. The molecule has 0 spiro atoms. The Bertz CT molecular complexity index is 574. The third kappa shape index (κ3) is 2.85. The van der Waals surface area contributed by atoms with E-state index < -0.39 is 0 Å². The molecule has 0 aliphatic carbocycles. The van der Waals surface area contributed by atoms with Gasteiger partial charge in [-0.1, -0.05) is 18.2 Å². The molecule has 106 valence electrons. The van der Waals surface area contributed by atoms with E-state index in [4.69, 9.17) is 0 Å². The zero-order valence-electron chi connectivity index (χ0n) is 12.0. The van der Waals surface area contributed by atoms with E-state index in [0.29, 0.717) is 0 Å². The lowest BCUT2D eigenvalue weighted by molar-refractivity contribution is 0.649. The Labute approximate surface area is 120 Å². The predicted octanol–water partition coefficient (Wildman–Crippen LogP) is 2.41. The lowest BCUT2D eigenvalue weighted by Gasteiger charge is -2.10. The summed E-state index contributed by atoms with van der Waals surface area (Å²) in [6.45, 7) is 5.13. The number of benzene rings is 1. The molecule has 3 rings (SSSR count). The fourth-order valence-electron chi connectivity index (χ4n) is 2.81. The van der Waals surface area contributed by atoms with Crippen molar-refractivity contribution in [1.29, 1.82) is 0 Å². The van der Waals surface area contributed by atoms with Gasteiger partial charge in [0.05, 0.1) is 6.20 Å². The van der Waals surface area contributed by atoms with Crippen LogP contribution in [0.25, 0.3) is 0 Å². The summed E-state index contributed by atoms with van der Waals surface area (Å²) in [5.41, 5.74) is 6.72. The Morgan fingerprint density at radius 3 is 3.10 bits per heavy atom. The maximum atomic E-state index is 4.05. The van der Waals surface area contributed by atoms with Crippen molar-refractivity contribution in [2.45, 2.75) is 32.7 Å². The summed E-state index contributed by atoms with van der Waals surface area (Å²) in [5, 5.41) is 14.1. The normalized spacial score (nSPS) is 13.2. The van der Waals surface area contributed by atoms with Crippen LogP contribution in [0.4, 0.5) is 5.69 Å². The van der Waals surface area contributed by atoms with Gasteiger partial charge in [0.2, 0.25) is 0 Å². The topological polar surface area (TPSA) is 52.7 Å². The van der Waals surface area contributed by atoms with E-state index in [1.807, 2.05) is 6.20 Å². The molecule has 0 radical (unpaired) electrons. The number of H-pyrrole nitrogens is 1. The van der Waals surface area contributed by atoms with Gasteiger partial charge in [-0.15, -0.1) is 0 Å². The highest BCUT2D eigenvalue weighted by atomic mass is 15.1. The van der Waals surface area contributed by atoms with Crippen LogP contribution in [0.5, 0.6) is 0 Å². The molecule has 20 heavy (non-hydrogen) atoms. The van der Waals surface area contributed by atoms with Gasteiger partial charge in [0, 0.05) is 24.5 Å². The highest BCUT2D eigenvalue weighted by Gasteiger charge is 2.12. The van der Waals surface area contributed by atoms with Gasteiger partial charge in [-0.3, -0.25) is 5.10 Å². The number of fused-ring (bicyclic) bond motifs is 1. The minimum absolute atomic E-state index is 0.945. The summed E-state index contributed by atoms with van der Waals surface area (Å²) in [5.74, 6) is 0. The molecule has 0 atom stereocenters. The minimum atomic E-state index is 0.945. The van der Waals surface area contributed by atoms with Gasteiger partial charge in [-0.25, -0.2) is 0 Å². The molecule has 1 aliphatic rings. The number of anilines is 1. The molecule has 0 unspecified atom stereocenters. The number of para-hydroxylation sites is 1. The summed E-state index contributed by atoms with van der Waals surface area (Å²) in [6.07, 6.45) is 5.32. The lowest BCUT2D eigenvalue weighted by atomic mass is 10.1. The van der Waals surface area contributed by atoms with Gasteiger partial charge in [-0.2, -0.15) is 5.10 Å². The van der Waals surface area contributed by atoms with Crippen LogP contribution < -0.4 is 10.6 Å². The molecule has 1 aromatic heterocycles. The Balaban J connectivity index is 1.44. The smallest absolute Gasteiger partial charge is 0.0522 e. The van der Waals surface area contributed by atoms with Crippen molar-refractivity contribution in [2.24, 2.45) is 0 Å². The maximum Gasteiger partial charge on any atom is 0.0522 e. The van der Waals surface area contributed by atoms with E-state index in [0.717, 1.165) is 38.9 Å².